The molecule has 0 fully saturated rings. The average Bonchev–Trinajstić information content (AvgIpc) is 2.10. The first-order valence-corrected chi connectivity index (χ1v) is 5.28. The van der Waals surface area contributed by atoms with Gasteiger partial charge in [0.25, 0.3) is 0 Å². The second-order valence-corrected chi connectivity index (χ2v) is 3.76. The highest BCUT2D eigenvalue weighted by Gasteiger charge is 2.11. The molecule has 0 atom stereocenters. The van der Waals surface area contributed by atoms with Crippen LogP contribution in [0.3, 0.4) is 0 Å². The molecule has 14 heavy (non-hydrogen) atoms. The van der Waals surface area contributed by atoms with E-state index in [1.807, 2.05) is 19.1 Å². The summed E-state index contributed by atoms with van der Waals surface area (Å²) in [6.45, 7) is 8.03. The number of nitrogens with two attached hydrogens (primary N) is 1. The second kappa shape index (κ2) is 4.56. The molecule has 1 aromatic rings. The highest BCUT2D eigenvalue weighted by molar-refractivity contribution is 6.34. The van der Waals surface area contributed by atoms with Crippen LogP contribution in [0.15, 0.2) is 12.1 Å². The van der Waals surface area contributed by atoms with Crippen molar-refractivity contribution in [2.24, 2.45) is 0 Å². The van der Waals surface area contributed by atoms with Gasteiger partial charge in [-0.2, -0.15) is 0 Å². The highest BCUT2D eigenvalue weighted by atomic mass is 35.5. The van der Waals surface area contributed by atoms with Crippen LogP contribution >= 0.6 is 11.6 Å². The molecule has 0 aliphatic rings. The Morgan fingerprint density at radius 2 is 1.86 bits per heavy atom. The lowest BCUT2D eigenvalue weighted by atomic mass is 10.1. The van der Waals surface area contributed by atoms with Gasteiger partial charge in [0.2, 0.25) is 0 Å². The zero-order valence-electron chi connectivity index (χ0n) is 8.97. The van der Waals surface area contributed by atoms with Crippen molar-refractivity contribution in [3.63, 3.8) is 0 Å². The maximum atomic E-state index is 6.17. The predicted octanol–water partition coefficient (Wildman–Crippen LogP) is 3.08. The maximum Gasteiger partial charge on any atom is 0.0789 e. The molecule has 0 aliphatic heterocycles. The van der Waals surface area contributed by atoms with Crippen LogP contribution in [-0.2, 0) is 0 Å². The smallest absolute Gasteiger partial charge is 0.0789 e. The summed E-state index contributed by atoms with van der Waals surface area (Å²) in [6, 6.07) is 3.91. The number of rotatable bonds is 3. The third-order valence-corrected chi connectivity index (χ3v) is 2.61. The summed E-state index contributed by atoms with van der Waals surface area (Å²) in [5.74, 6) is 0. The fraction of sp³-hybridized carbons (Fsp3) is 0.455. The number of aryl methyl sites for hydroxylation is 1. The number of anilines is 2. The molecule has 0 aromatic heterocycles. The van der Waals surface area contributed by atoms with Gasteiger partial charge in [-0.1, -0.05) is 11.6 Å². The summed E-state index contributed by atoms with van der Waals surface area (Å²) < 4.78 is 0. The van der Waals surface area contributed by atoms with Crippen LogP contribution in [0.25, 0.3) is 0 Å². The molecule has 0 spiro atoms. The van der Waals surface area contributed by atoms with Crippen LogP contribution in [0.1, 0.15) is 19.4 Å². The quantitative estimate of drug-likeness (QED) is 0.781. The Bertz CT molecular complexity index is 296. The molecule has 1 rings (SSSR count). The lowest BCUT2D eigenvalue weighted by Gasteiger charge is -2.24. The number of hydrogen-bond acceptors (Lipinski definition) is 2. The molecule has 0 radical (unpaired) electrons. The van der Waals surface area contributed by atoms with Gasteiger partial charge >= 0.3 is 0 Å². The van der Waals surface area contributed by atoms with Gasteiger partial charge in [0.05, 0.1) is 16.4 Å². The molecule has 0 heterocycles. The number of nitrogen functional groups attached to an aromatic ring is 1. The summed E-state index contributed by atoms with van der Waals surface area (Å²) in [6.07, 6.45) is 0. The summed E-state index contributed by atoms with van der Waals surface area (Å²) in [5, 5.41) is 0.742. The van der Waals surface area contributed by atoms with Gasteiger partial charge in [-0.25, -0.2) is 0 Å². The third-order valence-electron chi connectivity index (χ3n) is 2.32. The van der Waals surface area contributed by atoms with Gasteiger partial charge in [0.15, 0.2) is 0 Å². The third kappa shape index (κ3) is 2.13. The Hall–Kier alpha value is -0.890. The lowest BCUT2D eigenvalue weighted by Crippen LogP contribution is -2.23. The summed E-state index contributed by atoms with van der Waals surface area (Å²) >= 11 is 6.17. The van der Waals surface area contributed by atoms with Crippen LogP contribution in [0.4, 0.5) is 11.4 Å². The van der Waals surface area contributed by atoms with Crippen molar-refractivity contribution in [2.45, 2.75) is 20.8 Å². The van der Waals surface area contributed by atoms with Crippen LogP contribution in [0.2, 0.25) is 5.02 Å². The molecule has 1 aromatic carbocycles. The molecule has 0 saturated carbocycles. The molecule has 78 valence electrons. The van der Waals surface area contributed by atoms with E-state index in [2.05, 4.69) is 18.7 Å². The van der Waals surface area contributed by atoms with E-state index in [1.165, 1.54) is 0 Å². The number of benzene rings is 1. The van der Waals surface area contributed by atoms with E-state index in [4.69, 9.17) is 17.3 Å². The van der Waals surface area contributed by atoms with E-state index >= 15 is 0 Å². The van der Waals surface area contributed by atoms with E-state index in [0.29, 0.717) is 0 Å². The van der Waals surface area contributed by atoms with Crippen LogP contribution in [0, 0.1) is 6.92 Å². The molecule has 0 amide bonds. The maximum absolute atomic E-state index is 6.17. The number of halogens is 1. The van der Waals surface area contributed by atoms with Crippen molar-refractivity contribution in [2.75, 3.05) is 23.7 Å². The van der Waals surface area contributed by atoms with Crippen LogP contribution in [-0.4, -0.2) is 13.1 Å². The predicted molar refractivity (Wildman–Crippen MR) is 64.2 cm³/mol. The molecule has 0 unspecified atom stereocenters. The van der Waals surface area contributed by atoms with Crippen LogP contribution < -0.4 is 10.6 Å². The molecule has 2 N–H and O–H groups in total. The Morgan fingerprint density at radius 3 is 2.29 bits per heavy atom. The van der Waals surface area contributed by atoms with E-state index < -0.39 is 0 Å². The van der Waals surface area contributed by atoms with Crippen molar-refractivity contribution in [1.82, 2.24) is 0 Å². The van der Waals surface area contributed by atoms with Crippen LogP contribution in [0.5, 0.6) is 0 Å². The summed E-state index contributed by atoms with van der Waals surface area (Å²) in [4.78, 5) is 2.16. The zero-order valence-corrected chi connectivity index (χ0v) is 9.73. The van der Waals surface area contributed by atoms with Crippen molar-refractivity contribution < 1.29 is 0 Å². The normalized spacial score (nSPS) is 10.3. The molecule has 2 nitrogen and oxygen atoms in total. The fourth-order valence-electron chi connectivity index (χ4n) is 1.63. The minimum Gasteiger partial charge on any atom is -0.397 e. The van der Waals surface area contributed by atoms with Crippen molar-refractivity contribution in [3.05, 3.63) is 22.7 Å². The number of hydrogen-bond donors (Lipinski definition) is 1. The Balaban J connectivity index is 3.19. The van der Waals surface area contributed by atoms with Gasteiger partial charge in [-0.3, -0.25) is 0 Å². The summed E-state index contributed by atoms with van der Waals surface area (Å²) in [5.41, 5.74) is 8.77. The Labute approximate surface area is 90.7 Å². The topological polar surface area (TPSA) is 29.3 Å². The molecule has 0 aliphatic carbocycles. The molecule has 3 heteroatoms. The summed E-state index contributed by atoms with van der Waals surface area (Å²) in [7, 11) is 0. The first-order valence-electron chi connectivity index (χ1n) is 4.90. The van der Waals surface area contributed by atoms with Crippen molar-refractivity contribution in [3.8, 4) is 0 Å². The van der Waals surface area contributed by atoms with E-state index in [-0.39, 0.29) is 0 Å². The number of nitrogens with zero attached hydrogens (tertiary/aromatic N) is 1. The minimum absolute atomic E-state index is 0.742. The van der Waals surface area contributed by atoms with E-state index in [0.717, 1.165) is 35.1 Å². The first kappa shape index (κ1) is 11.2. The van der Waals surface area contributed by atoms with Gasteiger partial charge in [-0.05, 0) is 38.5 Å². The van der Waals surface area contributed by atoms with E-state index in [9.17, 15) is 0 Å². The fourth-order valence-corrected chi connectivity index (χ4v) is 2.04. The Kier molecular flexibility index (Phi) is 3.64. The molecular weight excluding hydrogens is 196 g/mol. The molecular formula is C11H17ClN2. The van der Waals surface area contributed by atoms with E-state index in [1.54, 1.807) is 0 Å². The van der Waals surface area contributed by atoms with Gasteiger partial charge in [0, 0.05) is 13.1 Å². The average molecular weight is 213 g/mol. The Morgan fingerprint density at radius 1 is 1.29 bits per heavy atom. The van der Waals surface area contributed by atoms with Gasteiger partial charge in [0.1, 0.15) is 0 Å². The second-order valence-electron chi connectivity index (χ2n) is 3.36. The van der Waals surface area contributed by atoms with Crippen molar-refractivity contribution in [1.29, 1.82) is 0 Å². The highest BCUT2D eigenvalue weighted by Crippen LogP contribution is 2.33. The zero-order chi connectivity index (χ0) is 10.7. The lowest BCUT2D eigenvalue weighted by molar-refractivity contribution is 0.867. The first-order chi connectivity index (χ1) is 6.60. The SMILES string of the molecule is CCN(CC)c1c(N)cc(C)cc1Cl. The minimum atomic E-state index is 0.742. The molecule has 0 bridgehead atoms. The monoisotopic (exact) mass is 212 g/mol. The largest absolute Gasteiger partial charge is 0.397 e. The van der Waals surface area contributed by atoms with Crippen molar-refractivity contribution >= 4 is 23.0 Å². The standard InChI is InChI=1S/C11H17ClN2/c1-4-14(5-2)11-9(12)6-8(3)7-10(11)13/h6-7H,4-5,13H2,1-3H3. The van der Waals surface area contributed by atoms with Gasteiger partial charge in [-0.15, -0.1) is 0 Å². The van der Waals surface area contributed by atoms with Gasteiger partial charge < -0.3 is 10.6 Å². The molecule has 0 saturated heterocycles.